The van der Waals surface area contributed by atoms with E-state index in [4.69, 9.17) is 4.52 Å². The molecule has 4 rings (SSSR count). The summed E-state index contributed by atoms with van der Waals surface area (Å²) in [5, 5.41) is 18.7. The van der Waals surface area contributed by atoms with Crippen LogP contribution < -0.4 is 0 Å². The van der Waals surface area contributed by atoms with Crippen molar-refractivity contribution in [3.8, 4) is 22.8 Å². The lowest BCUT2D eigenvalue weighted by Crippen LogP contribution is -1.99. The van der Waals surface area contributed by atoms with Gasteiger partial charge in [-0.05, 0) is 17.7 Å². The molecule has 8 heteroatoms. The maximum absolute atomic E-state index is 10.7. The number of hydrogen-bond acceptors (Lipinski definition) is 6. The fraction of sp³-hybridized carbons (Fsp3) is 0.0556. The monoisotopic (exact) mass is 347 g/mol. The van der Waals surface area contributed by atoms with E-state index >= 15 is 0 Å². The van der Waals surface area contributed by atoms with Crippen LogP contribution in [0.4, 0.5) is 5.69 Å². The Labute approximate surface area is 147 Å². The number of benzene rings is 2. The van der Waals surface area contributed by atoms with Crippen LogP contribution in [-0.4, -0.2) is 24.8 Å². The molecule has 26 heavy (non-hydrogen) atoms. The number of nitro groups is 1. The third-order valence-corrected chi connectivity index (χ3v) is 3.83. The minimum atomic E-state index is -0.466. The summed E-state index contributed by atoms with van der Waals surface area (Å²) in [6, 6.07) is 17.1. The largest absolute Gasteiger partial charge is 0.334 e. The first kappa shape index (κ1) is 15.7. The van der Waals surface area contributed by atoms with Crippen LogP contribution in [0.3, 0.4) is 0 Å². The lowest BCUT2D eigenvalue weighted by molar-refractivity contribution is -0.385. The Morgan fingerprint density at radius 1 is 1.04 bits per heavy atom. The van der Waals surface area contributed by atoms with Crippen molar-refractivity contribution in [3.05, 3.63) is 82.7 Å². The summed E-state index contributed by atoms with van der Waals surface area (Å²) in [5.41, 5.74) is 2.62. The van der Waals surface area contributed by atoms with Gasteiger partial charge in [-0.25, -0.2) is 0 Å². The highest BCUT2D eigenvalue weighted by Crippen LogP contribution is 2.22. The van der Waals surface area contributed by atoms with Gasteiger partial charge in [-0.15, -0.1) is 0 Å². The normalized spacial score (nSPS) is 10.8. The third kappa shape index (κ3) is 3.20. The molecule has 0 atom stereocenters. The van der Waals surface area contributed by atoms with Gasteiger partial charge in [-0.2, -0.15) is 10.1 Å². The van der Waals surface area contributed by atoms with E-state index in [2.05, 4.69) is 15.2 Å². The Balaban J connectivity index is 1.51. The first-order valence-electron chi connectivity index (χ1n) is 7.84. The van der Waals surface area contributed by atoms with Gasteiger partial charge < -0.3 is 4.52 Å². The van der Waals surface area contributed by atoms with Crippen LogP contribution in [0, 0.1) is 10.1 Å². The van der Waals surface area contributed by atoms with Gasteiger partial charge in [0.2, 0.25) is 5.82 Å². The van der Waals surface area contributed by atoms with E-state index in [0.29, 0.717) is 18.3 Å². The Morgan fingerprint density at radius 3 is 2.50 bits per heavy atom. The van der Waals surface area contributed by atoms with Gasteiger partial charge in [-0.3, -0.25) is 14.8 Å². The second kappa shape index (κ2) is 6.60. The zero-order chi connectivity index (χ0) is 17.9. The number of rotatable bonds is 5. The van der Waals surface area contributed by atoms with Gasteiger partial charge in [0.05, 0.1) is 11.5 Å². The molecule has 0 N–H and O–H groups in total. The van der Waals surface area contributed by atoms with Crippen molar-refractivity contribution in [2.75, 3.05) is 0 Å². The van der Waals surface area contributed by atoms with Crippen LogP contribution in [0.15, 0.2) is 71.5 Å². The summed E-state index contributed by atoms with van der Waals surface area (Å²) in [4.78, 5) is 14.7. The van der Waals surface area contributed by atoms with E-state index in [1.54, 1.807) is 0 Å². The minimum Gasteiger partial charge on any atom is -0.334 e. The summed E-state index contributed by atoms with van der Waals surface area (Å²) in [7, 11) is 0. The first-order chi connectivity index (χ1) is 12.7. The summed E-state index contributed by atoms with van der Waals surface area (Å²) < 4.78 is 6.86. The van der Waals surface area contributed by atoms with Crippen molar-refractivity contribution in [1.82, 2.24) is 19.9 Å². The average Bonchev–Trinajstić information content (AvgIpc) is 3.33. The molecule has 0 radical (unpaired) electrons. The molecule has 0 unspecified atom stereocenters. The van der Waals surface area contributed by atoms with Gasteiger partial charge in [0, 0.05) is 11.1 Å². The van der Waals surface area contributed by atoms with Crippen molar-refractivity contribution in [2.24, 2.45) is 0 Å². The summed E-state index contributed by atoms with van der Waals surface area (Å²) in [5.74, 6) is 0.971. The SMILES string of the molecule is O=[N+]([O-])c1cnn(Cc2ccc(-c3nc(-c4ccccc4)no3)cc2)c1. The number of nitrogens with zero attached hydrogens (tertiary/aromatic N) is 5. The topological polar surface area (TPSA) is 99.9 Å². The average molecular weight is 347 g/mol. The van der Waals surface area contributed by atoms with Gasteiger partial charge in [0.1, 0.15) is 12.4 Å². The third-order valence-electron chi connectivity index (χ3n) is 3.83. The Hall–Kier alpha value is -3.81. The van der Waals surface area contributed by atoms with E-state index < -0.39 is 4.92 Å². The fourth-order valence-corrected chi connectivity index (χ4v) is 2.52. The molecule has 2 aromatic heterocycles. The van der Waals surface area contributed by atoms with E-state index in [9.17, 15) is 10.1 Å². The van der Waals surface area contributed by atoms with Crippen LogP contribution >= 0.6 is 0 Å². The van der Waals surface area contributed by atoms with Crippen LogP contribution in [-0.2, 0) is 6.54 Å². The molecule has 0 saturated carbocycles. The molecule has 0 aliphatic carbocycles. The van der Waals surface area contributed by atoms with Crippen molar-refractivity contribution in [3.63, 3.8) is 0 Å². The number of hydrogen-bond donors (Lipinski definition) is 0. The maximum Gasteiger partial charge on any atom is 0.307 e. The molecule has 0 amide bonds. The Bertz CT molecular complexity index is 1040. The molecule has 0 aliphatic rings. The Kier molecular flexibility index (Phi) is 3.98. The second-order valence-corrected chi connectivity index (χ2v) is 5.64. The van der Waals surface area contributed by atoms with Crippen LogP contribution in [0.25, 0.3) is 22.8 Å². The van der Waals surface area contributed by atoms with Crippen molar-refractivity contribution >= 4 is 5.69 Å². The highest BCUT2D eigenvalue weighted by molar-refractivity contribution is 5.59. The minimum absolute atomic E-state index is 0.0269. The quantitative estimate of drug-likeness (QED) is 0.404. The molecule has 0 saturated heterocycles. The van der Waals surface area contributed by atoms with Gasteiger partial charge in [0.25, 0.3) is 5.89 Å². The lowest BCUT2D eigenvalue weighted by Gasteiger charge is -2.02. The summed E-state index contributed by atoms with van der Waals surface area (Å²) >= 11 is 0. The van der Waals surface area contributed by atoms with E-state index in [-0.39, 0.29) is 5.69 Å². The fourth-order valence-electron chi connectivity index (χ4n) is 2.52. The van der Waals surface area contributed by atoms with E-state index in [1.165, 1.54) is 17.1 Å². The molecular formula is C18H13N5O3. The number of aromatic nitrogens is 4. The molecule has 2 aromatic carbocycles. The smallest absolute Gasteiger partial charge is 0.307 e. The van der Waals surface area contributed by atoms with Crippen LogP contribution in [0.5, 0.6) is 0 Å². The molecule has 128 valence electrons. The lowest BCUT2D eigenvalue weighted by atomic mass is 10.1. The Morgan fingerprint density at radius 2 is 1.81 bits per heavy atom. The molecule has 2 heterocycles. The predicted octanol–water partition coefficient (Wildman–Crippen LogP) is 3.56. The summed E-state index contributed by atoms with van der Waals surface area (Å²) in [6.45, 7) is 0.438. The molecule has 8 nitrogen and oxygen atoms in total. The van der Waals surface area contributed by atoms with Crippen molar-refractivity contribution < 1.29 is 9.45 Å². The van der Waals surface area contributed by atoms with Gasteiger partial charge in [-0.1, -0.05) is 47.6 Å². The predicted molar refractivity (Wildman–Crippen MR) is 93.2 cm³/mol. The molecule has 0 fully saturated rings. The molecular weight excluding hydrogens is 334 g/mol. The van der Waals surface area contributed by atoms with Gasteiger partial charge in [0.15, 0.2) is 0 Å². The summed E-state index contributed by atoms with van der Waals surface area (Å²) in [6.07, 6.45) is 2.63. The van der Waals surface area contributed by atoms with Crippen molar-refractivity contribution in [2.45, 2.75) is 6.54 Å². The molecule has 0 spiro atoms. The van der Waals surface area contributed by atoms with E-state index in [1.807, 2.05) is 54.6 Å². The highest BCUT2D eigenvalue weighted by atomic mass is 16.6. The first-order valence-corrected chi connectivity index (χ1v) is 7.84. The zero-order valence-electron chi connectivity index (χ0n) is 13.5. The van der Waals surface area contributed by atoms with Crippen molar-refractivity contribution in [1.29, 1.82) is 0 Å². The standard InChI is InChI=1S/C18H13N5O3/c24-23(25)16-10-19-22(12-16)11-13-6-8-15(9-7-13)18-20-17(21-26-18)14-4-2-1-3-5-14/h1-10,12H,11H2. The zero-order valence-corrected chi connectivity index (χ0v) is 13.5. The molecule has 4 aromatic rings. The molecule has 0 aliphatic heterocycles. The van der Waals surface area contributed by atoms with Crippen LogP contribution in [0.2, 0.25) is 0 Å². The molecule has 0 bridgehead atoms. The van der Waals surface area contributed by atoms with Gasteiger partial charge >= 0.3 is 5.69 Å². The van der Waals surface area contributed by atoms with E-state index in [0.717, 1.165) is 16.7 Å². The maximum atomic E-state index is 10.7. The van der Waals surface area contributed by atoms with Crippen LogP contribution in [0.1, 0.15) is 5.56 Å². The second-order valence-electron chi connectivity index (χ2n) is 5.64. The highest BCUT2D eigenvalue weighted by Gasteiger charge is 2.11.